The first-order valence-electron chi connectivity index (χ1n) is 15.5. The van der Waals surface area contributed by atoms with Gasteiger partial charge in [0.1, 0.15) is 22.1 Å². The molecule has 1 aliphatic rings. The first kappa shape index (κ1) is 31.8. The molecule has 0 saturated heterocycles. The number of hydrogen-bond acceptors (Lipinski definition) is 5. The molecule has 3 aromatic carbocycles. The van der Waals surface area contributed by atoms with Crippen LogP contribution >= 0.6 is 11.3 Å². The summed E-state index contributed by atoms with van der Waals surface area (Å²) in [5.41, 5.74) is 2.58. The van der Waals surface area contributed by atoms with Crippen molar-refractivity contribution in [2.45, 2.75) is 58.3 Å². The van der Waals surface area contributed by atoms with Crippen LogP contribution < -0.4 is 10.7 Å². The van der Waals surface area contributed by atoms with Crippen LogP contribution in [-0.4, -0.2) is 33.1 Å². The van der Waals surface area contributed by atoms with Crippen LogP contribution in [0, 0.1) is 17.6 Å². The SMILES string of the molecule is CC(C)Cc1cn(Cc2c(F)cccc2F)c2sc(-c3ccc(NC(=O)C4(O)CC4)cc3)c(CN(C)Cc3ccccc3)c2c1=O. The highest BCUT2D eigenvalue weighted by Gasteiger charge is 2.48. The summed E-state index contributed by atoms with van der Waals surface area (Å²) >= 11 is 1.42. The van der Waals surface area contributed by atoms with E-state index in [1.807, 2.05) is 55.8 Å². The Morgan fingerprint density at radius 2 is 1.65 bits per heavy atom. The van der Waals surface area contributed by atoms with Crippen LogP contribution in [0.4, 0.5) is 14.5 Å². The molecule has 1 aliphatic carbocycles. The van der Waals surface area contributed by atoms with E-state index < -0.39 is 23.1 Å². The number of hydrogen-bond donors (Lipinski definition) is 2. The number of pyridine rings is 1. The molecule has 0 spiro atoms. The van der Waals surface area contributed by atoms with Crippen molar-refractivity contribution >= 4 is 33.1 Å². The van der Waals surface area contributed by atoms with E-state index >= 15 is 0 Å². The van der Waals surface area contributed by atoms with Crippen molar-refractivity contribution in [2.75, 3.05) is 12.4 Å². The molecule has 0 aliphatic heterocycles. The zero-order valence-electron chi connectivity index (χ0n) is 26.1. The van der Waals surface area contributed by atoms with Gasteiger partial charge >= 0.3 is 0 Å². The molecule has 5 aromatic rings. The normalized spacial score (nSPS) is 13.9. The number of amides is 1. The van der Waals surface area contributed by atoms with Gasteiger partial charge in [-0.15, -0.1) is 11.3 Å². The van der Waals surface area contributed by atoms with Gasteiger partial charge in [0.05, 0.1) is 11.9 Å². The molecule has 1 fully saturated rings. The van der Waals surface area contributed by atoms with Gasteiger partial charge in [0.2, 0.25) is 0 Å². The first-order valence-corrected chi connectivity index (χ1v) is 16.3. The maximum atomic E-state index is 14.9. The second kappa shape index (κ2) is 12.9. The fraction of sp³-hybridized carbons (Fsp3) is 0.297. The zero-order chi connectivity index (χ0) is 32.6. The van der Waals surface area contributed by atoms with Crippen molar-refractivity contribution in [3.63, 3.8) is 0 Å². The molecule has 1 amide bonds. The largest absolute Gasteiger partial charge is 0.380 e. The Balaban J connectivity index is 1.49. The van der Waals surface area contributed by atoms with E-state index in [-0.39, 0.29) is 23.5 Å². The molecule has 1 saturated carbocycles. The van der Waals surface area contributed by atoms with E-state index in [0.29, 0.717) is 53.8 Å². The van der Waals surface area contributed by atoms with Crippen molar-refractivity contribution in [1.82, 2.24) is 9.47 Å². The zero-order valence-corrected chi connectivity index (χ0v) is 27.0. The third kappa shape index (κ3) is 6.67. The third-order valence-electron chi connectivity index (χ3n) is 8.37. The summed E-state index contributed by atoms with van der Waals surface area (Å²) in [4.78, 5) is 30.3. The summed E-state index contributed by atoms with van der Waals surface area (Å²) < 4.78 is 31.6. The van der Waals surface area contributed by atoms with Crippen LogP contribution in [0.5, 0.6) is 0 Å². The molecule has 0 atom stereocenters. The Morgan fingerprint density at radius 3 is 2.28 bits per heavy atom. The molecular formula is C37H37F2N3O3S. The topological polar surface area (TPSA) is 74.6 Å². The molecule has 2 N–H and O–H groups in total. The third-order valence-corrected chi connectivity index (χ3v) is 9.69. The fourth-order valence-electron chi connectivity index (χ4n) is 5.81. The first-order chi connectivity index (χ1) is 22.0. The van der Waals surface area contributed by atoms with Crippen LogP contribution in [0.1, 0.15) is 48.9 Å². The summed E-state index contributed by atoms with van der Waals surface area (Å²) in [5, 5.41) is 13.5. The van der Waals surface area contributed by atoms with E-state index in [1.165, 1.54) is 29.5 Å². The lowest BCUT2D eigenvalue weighted by molar-refractivity contribution is -0.125. The highest BCUT2D eigenvalue weighted by Crippen LogP contribution is 2.40. The standard InChI is InChI=1S/C37H37F2N3O3S/c1-23(2)18-26-20-42(22-28-30(38)10-7-11-31(28)39)35-32(33(26)43)29(21-41(3)19-24-8-5-4-6-9-24)34(46-35)25-12-14-27(15-13-25)40-36(44)37(45)16-17-37/h4-15,20,23,45H,16-19,21-22H2,1-3H3,(H,40,44). The number of aliphatic hydroxyl groups is 1. The summed E-state index contributed by atoms with van der Waals surface area (Å²) in [6.07, 6.45) is 3.19. The molecule has 2 aromatic heterocycles. The van der Waals surface area contributed by atoms with Gasteiger partial charge < -0.3 is 15.0 Å². The number of rotatable bonds is 11. The van der Waals surface area contributed by atoms with Crippen LogP contribution in [-0.2, 0) is 30.8 Å². The van der Waals surface area contributed by atoms with E-state index in [0.717, 1.165) is 21.6 Å². The number of carbonyl (C=O) groups is 1. The van der Waals surface area contributed by atoms with Gasteiger partial charge in [-0.3, -0.25) is 14.5 Å². The van der Waals surface area contributed by atoms with E-state index in [2.05, 4.69) is 22.3 Å². The van der Waals surface area contributed by atoms with Crippen molar-refractivity contribution in [3.05, 3.63) is 123 Å². The maximum Gasteiger partial charge on any atom is 0.256 e. The summed E-state index contributed by atoms with van der Waals surface area (Å²) in [5.74, 6) is -1.49. The van der Waals surface area contributed by atoms with Gasteiger partial charge in [-0.1, -0.05) is 62.4 Å². The minimum absolute atomic E-state index is 0.0574. The highest BCUT2D eigenvalue weighted by atomic mass is 32.1. The molecule has 0 bridgehead atoms. The molecule has 46 heavy (non-hydrogen) atoms. The quantitative estimate of drug-likeness (QED) is 0.158. The minimum atomic E-state index is -1.29. The number of carbonyl (C=O) groups excluding carboxylic acids is 1. The van der Waals surface area contributed by atoms with Crippen molar-refractivity contribution in [2.24, 2.45) is 5.92 Å². The molecule has 238 valence electrons. The number of thiophene rings is 1. The van der Waals surface area contributed by atoms with Crippen molar-refractivity contribution in [3.8, 4) is 10.4 Å². The Bertz CT molecular complexity index is 1930. The summed E-state index contributed by atoms with van der Waals surface area (Å²) in [6.45, 7) is 5.14. The minimum Gasteiger partial charge on any atom is -0.380 e. The van der Waals surface area contributed by atoms with Crippen LogP contribution in [0.15, 0.2) is 83.8 Å². The Labute approximate surface area is 270 Å². The number of aromatic nitrogens is 1. The molecule has 2 heterocycles. The predicted octanol–water partition coefficient (Wildman–Crippen LogP) is 7.35. The van der Waals surface area contributed by atoms with Crippen LogP contribution in [0.25, 0.3) is 20.7 Å². The lowest BCUT2D eigenvalue weighted by atomic mass is 10.00. The Kier molecular flexibility index (Phi) is 8.92. The van der Waals surface area contributed by atoms with Crippen molar-refractivity contribution in [1.29, 1.82) is 0 Å². The maximum absolute atomic E-state index is 14.9. The van der Waals surface area contributed by atoms with Gasteiger partial charge in [0.15, 0.2) is 5.43 Å². The lowest BCUT2D eigenvalue weighted by Crippen LogP contribution is -2.29. The second-order valence-electron chi connectivity index (χ2n) is 12.7. The number of nitrogens with zero attached hydrogens (tertiary/aromatic N) is 2. The number of halogens is 2. The highest BCUT2D eigenvalue weighted by molar-refractivity contribution is 7.22. The van der Waals surface area contributed by atoms with E-state index in [4.69, 9.17) is 0 Å². The van der Waals surface area contributed by atoms with E-state index in [1.54, 1.807) is 18.3 Å². The Hall–Kier alpha value is -4.18. The van der Waals surface area contributed by atoms with Crippen LogP contribution in [0.2, 0.25) is 0 Å². The fourth-order valence-corrected chi connectivity index (χ4v) is 7.10. The average molecular weight is 642 g/mol. The van der Waals surface area contributed by atoms with E-state index in [9.17, 15) is 23.5 Å². The average Bonchev–Trinajstić information content (AvgIpc) is 3.67. The second-order valence-corrected chi connectivity index (χ2v) is 13.7. The van der Waals surface area contributed by atoms with Gasteiger partial charge in [0.25, 0.3) is 5.91 Å². The number of anilines is 1. The summed E-state index contributed by atoms with van der Waals surface area (Å²) in [7, 11) is 2.01. The van der Waals surface area contributed by atoms with Crippen molar-refractivity contribution < 1.29 is 18.7 Å². The molecule has 0 radical (unpaired) electrons. The number of fused-ring (bicyclic) bond motifs is 1. The van der Waals surface area contributed by atoms with Gasteiger partial charge in [-0.2, -0.15) is 0 Å². The lowest BCUT2D eigenvalue weighted by Gasteiger charge is -2.18. The van der Waals surface area contributed by atoms with Crippen LogP contribution in [0.3, 0.4) is 0 Å². The van der Waals surface area contributed by atoms with Gasteiger partial charge in [0, 0.05) is 41.0 Å². The Morgan fingerprint density at radius 1 is 0.978 bits per heavy atom. The molecule has 6 rings (SSSR count). The van der Waals surface area contributed by atoms with Gasteiger partial charge in [-0.05, 0) is 73.2 Å². The molecular weight excluding hydrogens is 604 g/mol. The molecule has 0 unspecified atom stereocenters. The smallest absolute Gasteiger partial charge is 0.256 e. The molecule has 9 heteroatoms. The van der Waals surface area contributed by atoms with Gasteiger partial charge in [-0.25, -0.2) is 8.78 Å². The summed E-state index contributed by atoms with van der Waals surface area (Å²) in [6, 6.07) is 21.3. The number of nitrogens with one attached hydrogen (secondary N) is 1. The molecule has 6 nitrogen and oxygen atoms in total. The number of benzene rings is 3. The predicted molar refractivity (Wildman–Crippen MR) is 180 cm³/mol. The monoisotopic (exact) mass is 641 g/mol.